The minimum absolute atomic E-state index is 0.291. The second kappa shape index (κ2) is 8.31. The van der Waals surface area contributed by atoms with Crippen LogP contribution >= 0.6 is 23.1 Å². The number of amides is 1. The largest absolute Gasteiger partial charge is 0.459 e. The van der Waals surface area contributed by atoms with E-state index in [2.05, 4.69) is 29.4 Å². The Morgan fingerprint density at radius 2 is 2.04 bits per heavy atom. The highest BCUT2D eigenvalue weighted by molar-refractivity contribution is 7.98. The highest BCUT2D eigenvalue weighted by Gasteiger charge is 2.18. The van der Waals surface area contributed by atoms with Crippen LogP contribution < -0.4 is 5.32 Å². The Balaban J connectivity index is 1.63. The van der Waals surface area contributed by atoms with Crippen molar-refractivity contribution in [1.29, 1.82) is 0 Å². The van der Waals surface area contributed by atoms with Crippen molar-refractivity contribution in [1.82, 2.24) is 10.2 Å². The molecular weight excluding hydrogens is 354 g/mol. The van der Waals surface area contributed by atoms with E-state index in [9.17, 15) is 4.79 Å². The summed E-state index contributed by atoms with van der Waals surface area (Å²) in [6.45, 7) is 4.25. The average molecular weight is 374 g/mol. The second-order valence-corrected chi connectivity index (χ2v) is 8.04. The van der Waals surface area contributed by atoms with Gasteiger partial charge in [0, 0.05) is 22.6 Å². The van der Waals surface area contributed by atoms with E-state index < -0.39 is 0 Å². The lowest BCUT2D eigenvalue weighted by molar-refractivity contribution is 0.0995. The number of anilines is 1. The van der Waals surface area contributed by atoms with Crippen molar-refractivity contribution in [3.8, 4) is 0 Å². The fourth-order valence-corrected chi connectivity index (χ4v) is 4.06. The summed E-state index contributed by atoms with van der Waals surface area (Å²) in [5.74, 6) is 1.20. The van der Waals surface area contributed by atoms with Gasteiger partial charge in [0.1, 0.15) is 5.01 Å². The molecule has 0 aliphatic carbocycles. The molecule has 1 amide bonds. The van der Waals surface area contributed by atoms with Gasteiger partial charge in [-0.2, -0.15) is 0 Å². The zero-order valence-corrected chi connectivity index (χ0v) is 15.7. The standard InChI is InChI=1S/C18H19N3O2S2/c1-12(2)10-15-20-21-18(25-15)19-17(22)16-13(8-9-23-16)11-24-14-6-4-3-5-7-14/h3-9,12H,10-11H2,1-2H3,(H,19,21,22). The molecule has 0 saturated heterocycles. The average Bonchev–Trinajstić information content (AvgIpc) is 3.22. The lowest BCUT2D eigenvalue weighted by atomic mass is 10.1. The van der Waals surface area contributed by atoms with Crippen LogP contribution in [0.3, 0.4) is 0 Å². The molecule has 5 nitrogen and oxygen atoms in total. The Bertz CT molecular complexity index is 828. The van der Waals surface area contributed by atoms with E-state index >= 15 is 0 Å². The number of aromatic nitrogens is 2. The fraction of sp³-hybridized carbons (Fsp3) is 0.278. The minimum atomic E-state index is -0.291. The molecule has 3 aromatic rings. The van der Waals surface area contributed by atoms with E-state index in [4.69, 9.17) is 4.42 Å². The summed E-state index contributed by atoms with van der Waals surface area (Å²) < 4.78 is 5.39. The molecule has 0 aliphatic rings. The van der Waals surface area contributed by atoms with Gasteiger partial charge in [0.25, 0.3) is 5.91 Å². The summed E-state index contributed by atoms with van der Waals surface area (Å²) in [5, 5.41) is 12.3. The summed E-state index contributed by atoms with van der Waals surface area (Å²) in [4.78, 5) is 13.6. The SMILES string of the molecule is CC(C)Cc1nnc(NC(=O)c2occc2CSc2ccccc2)s1. The highest BCUT2D eigenvalue weighted by Crippen LogP contribution is 2.26. The molecule has 0 bridgehead atoms. The van der Waals surface area contributed by atoms with Crippen LogP contribution in [0.4, 0.5) is 5.13 Å². The summed E-state index contributed by atoms with van der Waals surface area (Å²) in [6.07, 6.45) is 2.40. The third-order valence-electron chi connectivity index (χ3n) is 3.36. The summed E-state index contributed by atoms with van der Waals surface area (Å²) in [7, 11) is 0. The quantitative estimate of drug-likeness (QED) is 0.598. The number of hydrogen-bond acceptors (Lipinski definition) is 6. The molecule has 25 heavy (non-hydrogen) atoms. The maximum absolute atomic E-state index is 12.5. The number of nitrogens with zero attached hydrogens (tertiary/aromatic N) is 2. The first-order valence-electron chi connectivity index (χ1n) is 7.99. The normalized spacial score (nSPS) is 11.0. The number of carbonyl (C=O) groups is 1. The number of nitrogens with one attached hydrogen (secondary N) is 1. The number of thioether (sulfide) groups is 1. The van der Waals surface area contributed by atoms with Crippen LogP contribution in [0.5, 0.6) is 0 Å². The van der Waals surface area contributed by atoms with Crippen molar-refractivity contribution < 1.29 is 9.21 Å². The minimum Gasteiger partial charge on any atom is -0.459 e. The molecule has 2 aromatic heterocycles. The molecule has 2 heterocycles. The molecule has 0 saturated carbocycles. The highest BCUT2D eigenvalue weighted by atomic mass is 32.2. The zero-order chi connectivity index (χ0) is 17.6. The summed E-state index contributed by atoms with van der Waals surface area (Å²) in [6, 6.07) is 11.9. The van der Waals surface area contributed by atoms with E-state index in [0.29, 0.717) is 22.6 Å². The summed E-state index contributed by atoms with van der Waals surface area (Å²) >= 11 is 3.06. The zero-order valence-electron chi connectivity index (χ0n) is 14.1. The molecule has 0 spiro atoms. The lowest BCUT2D eigenvalue weighted by Crippen LogP contribution is -2.12. The van der Waals surface area contributed by atoms with Crippen molar-refractivity contribution in [2.45, 2.75) is 30.9 Å². The van der Waals surface area contributed by atoms with E-state index in [-0.39, 0.29) is 5.91 Å². The van der Waals surface area contributed by atoms with Crippen LogP contribution in [-0.2, 0) is 12.2 Å². The Hall–Kier alpha value is -2.12. The fourth-order valence-electron chi connectivity index (χ4n) is 2.22. The molecule has 0 atom stereocenters. The number of hydrogen-bond donors (Lipinski definition) is 1. The number of furan rings is 1. The van der Waals surface area contributed by atoms with Crippen molar-refractivity contribution >= 4 is 34.1 Å². The van der Waals surface area contributed by atoms with Gasteiger partial charge >= 0.3 is 0 Å². The maximum atomic E-state index is 12.5. The first kappa shape index (κ1) is 17.7. The Labute approximate surface area is 154 Å². The molecular formula is C18H19N3O2S2. The Kier molecular flexibility index (Phi) is 5.88. The molecule has 0 fully saturated rings. The van der Waals surface area contributed by atoms with Gasteiger partial charge in [-0.1, -0.05) is 43.4 Å². The number of carbonyl (C=O) groups excluding carboxylic acids is 1. The number of rotatable bonds is 7. The van der Waals surface area contributed by atoms with Gasteiger partial charge in [0.2, 0.25) is 5.13 Å². The van der Waals surface area contributed by atoms with Gasteiger partial charge in [-0.15, -0.1) is 22.0 Å². The predicted molar refractivity (Wildman–Crippen MR) is 101 cm³/mol. The van der Waals surface area contributed by atoms with Gasteiger partial charge in [-0.3, -0.25) is 10.1 Å². The van der Waals surface area contributed by atoms with Crippen LogP contribution in [0.2, 0.25) is 0 Å². The first-order valence-corrected chi connectivity index (χ1v) is 9.80. The van der Waals surface area contributed by atoms with Gasteiger partial charge in [-0.05, 0) is 24.1 Å². The van der Waals surface area contributed by atoms with Crippen LogP contribution in [0.15, 0.2) is 52.0 Å². The molecule has 0 aliphatic heterocycles. The topological polar surface area (TPSA) is 68.0 Å². The van der Waals surface area contributed by atoms with Crippen LogP contribution in [-0.4, -0.2) is 16.1 Å². The van der Waals surface area contributed by atoms with Gasteiger partial charge in [-0.25, -0.2) is 0 Å². The van der Waals surface area contributed by atoms with E-state index in [1.54, 1.807) is 18.0 Å². The smallest absolute Gasteiger partial charge is 0.293 e. The molecule has 7 heteroatoms. The Morgan fingerprint density at radius 3 is 2.80 bits per heavy atom. The predicted octanol–water partition coefficient (Wildman–Crippen LogP) is 4.87. The number of benzene rings is 1. The first-order chi connectivity index (χ1) is 12.1. The van der Waals surface area contributed by atoms with E-state index in [1.807, 2.05) is 36.4 Å². The van der Waals surface area contributed by atoms with Crippen molar-refractivity contribution in [3.63, 3.8) is 0 Å². The van der Waals surface area contributed by atoms with Gasteiger partial charge in [0.15, 0.2) is 5.76 Å². The molecule has 1 aromatic carbocycles. The third-order valence-corrected chi connectivity index (χ3v) is 5.28. The second-order valence-electron chi connectivity index (χ2n) is 5.93. The molecule has 0 unspecified atom stereocenters. The summed E-state index contributed by atoms with van der Waals surface area (Å²) in [5.41, 5.74) is 0.860. The molecule has 1 N–H and O–H groups in total. The van der Waals surface area contributed by atoms with Crippen molar-refractivity contribution in [3.05, 3.63) is 59.0 Å². The molecule has 130 valence electrons. The van der Waals surface area contributed by atoms with Crippen LogP contribution in [0, 0.1) is 5.92 Å². The lowest BCUT2D eigenvalue weighted by Gasteiger charge is -2.03. The Morgan fingerprint density at radius 1 is 1.24 bits per heavy atom. The van der Waals surface area contributed by atoms with Crippen LogP contribution in [0.1, 0.15) is 35.0 Å². The molecule has 3 rings (SSSR count). The van der Waals surface area contributed by atoms with Crippen molar-refractivity contribution in [2.24, 2.45) is 5.92 Å². The van der Waals surface area contributed by atoms with Crippen LogP contribution in [0.25, 0.3) is 0 Å². The van der Waals surface area contributed by atoms with Gasteiger partial charge < -0.3 is 4.42 Å². The van der Waals surface area contributed by atoms with Gasteiger partial charge in [0.05, 0.1) is 6.26 Å². The monoisotopic (exact) mass is 373 g/mol. The molecule has 0 radical (unpaired) electrons. The van der Waals surface area contributed by atoms with E-state index in [0.717, 1.165) is 21.9 Å². The van der Waals surface area contributed by atoms with E-state index in [1.165, 1.54) is 11.3 Å². The van der Waals surface area contributed by atoms with Crippen molar-refractivity contribution in [2.75, 3.05) is 5.32 Å². The maximum Gasteiger partial charge on any atom is 0.293 e. The third kappa shape index (κ3) is 4.93.